The quantitative estimate of drug-likeness (QED) is 0.204. The number of aromatic nitrogens is 4. The Morgan fingerprint density at radius 3 is 2.51 bits per heavy atom. The number of carbonyl (C=O) groups excluding carboxylic acids is 6. The number of piperazine rings is 1. The van der Waals surface area contributed by atoms with Crippen molar-refractivity contribution in [2.45, 2.75) is 44.3 Å². The van der Waals surface area contributed by atoms with E-state index in [-0.39, 0.29) is 53.0 Å². The summed E-state index contributed by atoms with van der Waals surface area (Å²) in [6.07, 6.45) is 7.67. The maximum absolute atomic E-state index is 14.0. The fourth-order valence-corrected chi connectivity index (χ4v) is 9.34. The molecule has 6 aliphatic rings. The third-order valence-corrected chi connectivity index (χ3v) is 12.3. The number of rotatable bonds is 9. The van der Waals surface area contributed by atoms with Crippen molar-refractivity contribution in [2.24, 2.45) is 24.1 Å². The zero-order chi connectivity index (χ0) is 39.6. The molecule has 57 heavy (non-hydrogen) atoms. The van der Waals surface area contributed by atoms with Crippen molar-refractivity contribution in [3.05, 3.63) is 53.6 Å². The molecule has 5 N–H and O–H groups in total. The number of fused-ring (bicyclic) bond motifs is 1. The fraction of sp³-hybridized carbons (Fsp3) is 0.500. The molecule has 1 spiro atoms. The van der Waals surface area contributed by atoms with Crippen LogP contribution in [0.15, 0.2) is 36.8 Å². The van der Waals surface area contributed by atoms with Crippen LogP contribution in [0.5, 0.6) is 0 Å². The zero-order valence-corrected chi connectivity index (χ0v) is 31.6. The van der Waals surface area contributed by atoms with Crippen LogP contribution in [-0.4, -0.2) is 141 Å². The molecule has 8 heterocycles. The van der Waals surface area contributed by atoms with Crippen LogP contribution in [0.3, 0.4) is 0 Å². The number of primary amides is 1. The Morgan fingerprint density at radius 2 is 1.77 bits per heavy atom. The highest BCUT2D eigenvalue weighted by molar-refractivity contribution is 6.23. The van der Waals surface area contributed by atoms with Gasteiger partial charge in [-0.05, 0) is 49.8 Å². The minimum absolute atomic E-state index is 0.0307. The molecule has 0 bridgehead atoms. The predicted octanol–water partition coefficient (Wildman–Crippen LogP) is -0.360. The summed E-state index contributed by atoms with van der Waals surface area (Å²) in [4.78, 5) is 95.4. The number of nitrogens with one attached hydrogen (secondary N) is 3. The summed E-state index contributed by atoms with van der Waals surface area (Å²) < 4.78 is 1.63. The molecule has 0 saturated carbocycles. The third kappa shape index (κ3) is 6.63. The maximum Gasteiger partial charge on any atom is 0.271 e. The van der Waals surface area contributed by atoms with Crippen LogP contribution in [0.2, 0.25) is 0 Å². The first kappa shape index (κ1) is 36.7. The van der Waals surface area contributed by atoms with E-state index in [2.05, 4.69) is 40.7 Å². The molecule has 5 saturated heterocycles. The second-order valence-electron chi connectivity index (χ2n) is 16.0. The van der Waals surface area contributed by atoms with E-state index in [9.17, 15) is 28.8 Å². The second-order valence-corrected chi connectivity index (χ2v) is 16.0. The van der Waals surface area contributed by atoms with Crippen molar-refractivity contribution < 1.29 is 28.8 Å². The van der Waals surface area contributed by atoms with Crippen molar-refractivity contribution >= 4 is 58.5 Å². The van der Waals surface area contributed by atoms with E-state index in [1.165, 1.54) is 0 Å². The third-order valence-electron chi connectivity index (χ3n) is 12.3. The fourth-order valence-electron chi connectivity index (χ4n) is 9.34. The van der Waals surface area contributed by atoms with Gasteiger partial charge in [-0.2, -0.15) is 5.10 Å². The lowest BCUT2D eigenvalue weighted by molar-refractivity contribution is -0.147. The molecule has 2 aromatic heterocycles. The average molecular weight is 780 g/mol. The first-order chi connectivity index (χ1) is 27.5. The standard InChI is InChI=1S/C38H45N13O6/c1-46-18-23(15-42-46)43-33-31(32(39)53)41-16-28(44-33)49-13-9-40-29(19-49)50-12-8-38(37(50)57)20-47(21-38)17-22-6-10-48(11-7-22)24-2-3-25-26(14-24)36(56)51(35(25)55)27-4-5-30(52)45-34(27)54/h2-3,14-16,18,22,27,29,40H,4-13,17,19-21H2,1H3,(H2,39,53)(H,43,44)(H,45,52,54)/t27?,29-/m0/s1. The van der Waals surface area contributed by atoms with E-state index < -0.39 is 35.6 Å². The Morgan fingerprint density at radius 1 is 0.982 bits per heavy atom. The lowest BCUT2D eigenvalue weighted by Gasteiger charge is -2.49. The Balaban J connectivity index is 0.770. The molecule has 9 rings (SSSR count). The number of hydrogen-bond acceptors (Lipinski definition) is 14. The summed E-state index contributed by atoms with van der Waals surface area (Å²) in [5.74, 6) is -1.24. The predicted molar refractivity (Wildman–Crippen MR) is 204 cm³/mol. The van der Waals surface area contributed by atoms with Gasteiger partial charge in [-0.25, -0.2) is 9.97 Å². The Hall–Kier alpha value is -5.95. The van der Waals surface area contributed by atoms with E-state index in [1.807, 2.05) is 11.0 Å². The van der Waals surface area contributed by atoms with Crippen molar-refractivity contribution in [1.29, 1.82) is 0 Å². The normalized spacial score (nSPS) is 24.0. The van der Waals surface area contributed by atoms with Gasteiger partial charge in [0.1, 0.15) is 18.0 Å². The van der Waals surface area contributed by atoms with Gasteiger partial charge >= 0.3 is 0 Å². The molecule has 0 radical (unpaired) electrons. The number of amides is 6. The van der Waals surface area contributed by atoms with Crippen LogP contribution in [0.4, 0.5) is 23.0 Å². The number of imide groups is 2. The minimum Gasteiger partial charge on any atom is -0.371 e. The zero-order valence-electron chi connectivity index (χ0n) is 31.6. The number of nitrogens with two attached hydrogens (primary N) is 1. The molecule has 3 aromatic rings. The van der Waals surface area contributed by atoms with Gasteiger partial charge in [-0.3, -0.25) is 49.0 Å². The van der Waals surface area contributed by atoms with E-state index in [1.54, 1.807) is 42.5 Å². The van der Waals surface area contributed by atoms with Gasteiger partial charge in [0, 0.05) is 77.7 Å². The molecule has 298 valence electrons. The number of hydrogen-bond donors (Lipinski definition) is 4. The topological polar surface area (TPSA) is 224 Å². The number of piperidine rings is 2. The number of aryl methyl sites for hydroxylation is 1. The molecule has 19 heteroatoms. The second kappa shape index (κ2) is 14.2. The first-order valence-electron chi connectivity index (χ1n) is 19.5. The molecule has 1 aromatic carbocycles. The van der Waals surface area contributed by atoms with Crippen LogP contribution in [0.1, 0.15) is 63.3 Å². The monoisotopic (exact) mass is 779 g/mol. The smallest absolute Gasteiger partial charge is 0.271 e. The van der Waals surface area contributed by atoms with Gasteiger partial charge in [0.15, 0.2) is 11.5 Å². The van der Waals surface area contributed by atoms with Crippen molar-refractivity contribution in [1.82, 2.24) is 45.1 Å². The maximum atomic E-state index is 14.0. The average Bonchev–Trinajstić information content (AvgIpc) is 3.84. The highest BCUT2D eigenvalue weighted by Gasteiger charge is 2.56. The largest absolute Gasteiger partial charge is 0.371 e. The summed E-state index contributed by atoms with van der Waals surface area (Å²) >= 11 is 0. The highest BCUT2D eigenvalue weighted by atomic mass is 16.2. The summed E-state index contributed by atoms with van der Waals surface area (Å²) in [5.41, 5.74) is 7.34. The summed E-state index contributed by atoms with van der Waals surface area (Å²) in [7, 11) is 1.79. The van der Waals surface area contributed by atoms with E-state index in [0.29, 0.717) is 43.6 Å². The molecule has 0 aliphatic carbocycles. The van der Waals surface area contributed by atoms with Crippen LogP contribution >= 0.6 is 0 Å². The first-order valence-corrected chi connectivity index (χ1v) is 19.5. The number of likely N-dealkylation sites (tertiary alicyclic amines) is 2. The van der Waals surface area contributed by atoms with Crippen LogP contribution in [0, 0.1) is 11.3 Å². The number of benzene rings is 1. The summed E-state index contributed by atoms with van der Waals surface area (Å²) in [5, 5.41) is 13.0. The highest BCUT2D eigenvalue weighted by Crippen LogP contribution is 2.42. The van der Waals surface area contributed by atoms with E-state index in [4.69, 9.17) is 10.7 Å². The Bertz CT molecular complexity index is 2180. The lowest BCUT2D eigenvalue weighted by atomic mass is 9.77. The van der Waals surface area contributed by atoms with Gasteiger partial charge in [-0.1, -0.05) is 0 Å². The van der Waals surface area contributed by atoms with E-state index in [0.717, 1.165) is 62.6 Å². The Kier molecular flexibility index (Phi) is 9.14. The number of carbonyl (C=O) groups is 6. The van der Waals surface area contributed by atoms with Crippen LogP contribution < -0.4 is 31.5 Å². The Labute approximate surface area is 327 Å². The minimum atomic E-state index is -0.988. The molecular weight excluding hydrogens is 735 g/mol. The molecule has 5 fully saturated rings. The number of anilines is 4. The molecule has 6 amide bonds. The summed E-state index contributed by atoms with van der Waals surface area (Å²) in [6, 6.07) is 4.29. The molecule has 6 aliphatic heterocycles. The van der Waals surface area contributed by atoms with Gasteiger partial charge in [0.05, 0.1) is 41.2 Å². The molecule has 19 nitrogen and oxygen atoms in total. The van der Waals surface area contributed by atoms with Crippen LogP contribution in [0.25, 0.3) is 0 Å². The van der Waals surface area contributed by atoms with Crippen molar-refractivity contribution in [3.8, 4) is 0 Å². The van der Waals surface area contributed by atoms with Crippen molar-refractivity contribution in [2.75, 3.05) is 74.0 Å². The summed E-state index contributed by atoms with van der Waals surface area (Å²) in [6.45, 7) is 6.51. The van der Waals surface area contributed by atoms with Gasteiger partial charge in [-0.15, -0.1) is 0 Å². The van der Waals surface area contributed by atoms with Gasteiger partial charge in [0.2, 0.25) is 17.7 Å². The number of nitrogens with zero attached hydrogens (tertiary/aromatic N) is 9. The molecular formula is C38H45N13O6. The van der Waals surface area contributed by atoms with Gasteiger partial charge < -0.3 is 30.7 Å². The molecule has 2 atom stereocenters. The molecule has 1 unspecified atom stereocenters. The van der Waals surface area contributed by atoms with E-state index >= 15 is 0 Å². The van der Waals surface area contributed by atoms with Crippen molar-refractivity contribution in [3.63, 3.8) is 0 Å². The van der Waals surface area contributed by atoms with Gasteiger partial charge in [0.25, 0.3) is 17.7 Å². The van der Waals surface area contributed by atoms with Crippen LogP contribution in [-0.2, 0) is 21.4 Å². The SMILES string of the molecule is Cn1cc(Nc2nc(N3CCN[C@@H](N4CCC5(CN(CC6CCN(c7ccc8c(c7)C(=O)N(C7CCC(=O)NC7=O)C8=O)CC6)C5)C4=O)C3)cnc2C(N)=O)cn1. The lowest BCUT2D eigenvalue weighted by Crippen LogP contribution is -2.64.